The summed E-state index contributed by atoms with van der Waals surface area (Å²) in [5, 5.41) is 0. The molecule has 0 saturated carbocycles. The van der Waals surface area contributed by atoms with Gasteiger partial charge in [-0.15, -0.1) is 0 Å². The number of ether oxygens (including phenoxy) is 1. The van der Waals surface area contributed by atoms with E-state index >= 15 is 0 Å². The predicted octanol–water partition coefficient (Wildman–Crippen LogP) is 3.45. The van der Waals surface area contributed by atoms with Gasteiger partial charge >= 0.3 is 5.97 Å². The molecule has 0 atom stereocenters. The van der Waals surface area contributed by atoms with Crippen LogP contribution in [0.15, 0.2) is 30.3 Å². The van der Waals surface area contributed by atoms with Crippen molar-refractivity contribution in [3.63, 3.8) is 0 Å². The van der Waals surface area contributed by atoms with Crippen LogP contribution < -0.4 is 0 Å². The molecule has 1 aromatic carbocycles. The molecule has 0 aliphatic heterocycles. The van der Waals surface area contributed by atoms with E-state index in [4.69, 9.17) is 9.72 Å². The molecule has 3 aromatic rings. The summed E-state index contributed by atoms with van der Waals surface area (Å²) >= 11 is 0. The van der Waals surface area contributed by atoms with Crippen molar-refractivity contribution in [2.24, 2.45) is 0 Å². The van der Waals surface area contributed by atoms with E-state index < -0.39 is 0 Å². The van der Waals surface area contributed by atoms with E-state index in [0.29, 0.717) is 12.1 Å². The van der Waals surface area contributed by atoms with Gasteiger partial charge in [0, 0.05) is 12.1 Å². The first-order chi connectivity index (χ1) is 11.5. The van der Waals surface area contributed by atoms with E-state index in [0.717, 1.165) is 40.2 Å². The number of carbonyl (C=O) groups excluding carboxylic acids is 1. The van der Waals surface area contributed by atoms with Crippen molar-refractivity contribution in [3.8, 4) is 0 Å². The maximum atomic E-state index is 11.7. The number of nitrogens with zero attached hydrogens (tertiary/aromatic N) is 3. The number of rotatable bonds is 4. The molecule has 3 rings (SSSR count). The van der Waals surface area contributed by atoms with Gasteiger partial charge in [0.1, 0.15) is 11.3 Å². The van der Waals surface area contributed by atoms with Gasteiger partial charge < -0.3 is 9.30 Å². The molecule has 2 heterocycles. The highest BCUT2D eigenvalue weighted by Gasteiger charge is 2.14. The Labute approximate surface area is 141 Å². The van der Waals surface area contributed by atoms with Crippen molar-refractivity contribution < 1.29 is 9.53 Å². The number of hydrogen-bond acceptors (Lipinski definition) is 4. The monoisotopic (exact) mass is 323 g/mol. The van der Waals surface area contributed by atoms with E-state index in [-0.39, 0.29) is 5.97 Å². The van der Waals surface area contributed by atoms with Crippen LogP contribution in [-0.2, 0) is 17.7 Å². The standard InChI is InChI=1S/C19H21N3O2/c1-5-16-21-17-12(2)9-13(3)20-18(17)22(16)11-14-7-6-8-15(10-14)19(23)24-4/h6-10H,5,11H2,1-4H3. The number of imidazole rings is 1. The minimum Gasteiger partial charge on any atom is -0.465 e. The fourth-order valence-corrected chi connectivity index (χ4v) is 2.98. The number of carbonyl (C=O) groups is 1. The highest BCUT2D eigenvalue weighted by Crippen LogP contribution is 2.21. The fraction of sp³-hybridized carbons (Fsp3) is 0.316. The summed E-state index contributed by atoms with van der Waals surface area (Å²) in [6, 6.07) is 9.54. The number of hydrogen-bond donors (Lipinski definition) is 0. The van der Waals surface area contributed by atoms with Gasteiger partial charge in [-0.3, -0.25) is 0 Å². The van der Waals surface area contributed by atoms with Gasteiger partial charge in [-0.2, -0.15) is 0 Å². The molecule has 0 radical (unpaired) electrons. The van der Waals surface area contributed by atoms with Gasteiger partial charge in [-0.25, -0.2) is 14.8 Å². The topological polar surface area (TPSA) is 57.0 Å². The van der Waals surface area contributed by atoms with Crippen molar-refractivity contribution in [2.75, 3.05) is 7.11 Å². The molecule has 0 bridgehead atoms. The van der Waals surface area contributed by atoms with E-state index in [1.165, 1.54) is 7.11 Å². The van der Waals surface area contributed by atoms with Gasteiger partial charge in [0.05, 0.1) is 19.2 Å². The summed E-state index contributed by atoms with van der Waals surface area (Å²) in [4.78, 5) is 21.2. The summed E-state index contributed by atoms with van der Waals surface area (Å²) in [6.07, 6.45) is 0.825. The molecule has 5 nitrogen and oxygen atoms in total. The molecule has 2 aromatic heterocycles. The number of pyridine rings is 1. The molecule has 0 N–H and O–H groups in total. The summed E-state index contributed by atoms with van der Waals surface area (Å²) in [6.45, 7) is 6.77. The van der Waals surface area contributed by atoms with Crippen LogP contribution in [0.2, 0.25) is 0 Å². The van der Waals surface area contributed by atoms with Crippen LogP contribution >= 0.6 is 0 Å². The van der Waals surface area contributed by atoms with Gasteiger partial charge in [0.2, 0.25) is 0 Å². The van der Waals surface area contributed by atoms with Gasteiger partial charge in [-0.1, -0.05) is 19.1 Å². The molecular formula is C19H21N3O2. The Kier molecular flexibility index (Phi) is 4.34. The zero-order valence-corrected chi connectivity index (χ0v) is 14.5. The second-order valence-electron chi connectivity index (χ2n) is 5.91. The van der Waals surface area contributed by atoms with Gasteiger partial charge in [-0.05, 0) is 43.2 Å². The molecule has 0 spiro atoms. The average molecular weight is 323 g/mol. The Morgan fingerprint density at radius 3 is 2.71 bits per heavy atom. The molecule has 0 unspecified atom stereocenters. The van der Waals surface area contributed by atoms with Crippen LogP contribution in [-0.4, -0.2) is 27.6 Å². The van der Waals surface area contributed by atoms with E-state index in [9.17, 15) is 4.79 Å². The van der Waals surface area contributed by atoms with Crippen molar-refractivity contribution in [1.82, 2.24) is 14.5 Å². The largest absolute Gasteiger partial charge is 0.465 e. The summed E-state index contributed by atoms with van der Waals surface area (Å²) in [7, 11) is 1.39. The Morgan fingerprint density at radius 1 is 1.21 bits per heavy atom. The molecule has 0 aliphatic carbocycles. The van der Waals surface area contributed by atoms with E-state index in [1.54, 1.807) is 6.07 Å². The second-order valence-corrected chi connectivity index (χ2v) is 5.91. The van der Waals surface area contributed by atoms with E-state index in [2.05, 4.69) is 29.5 Å². The minimum absolute atomic E-state index is 0.326. The van der Waals surface area contributed by atoms with Crippen molar-refractivity contribution in [2.45, 2.75) is 33.7 Å². The lowest BCUT2D eigenvalue weighted by atomic mass is 10.1. The lowest BCUT2D eigenvalue weighted by molar-refractivity contribution is 0.0600. The zero-order valence-electron chi connectivity index (χ0n) is 14.5. The number of aryl methyl sites for hydroxylation is 3. The van der Waals surface area contributed by atoms with Crippen LogP contribution in [0.25, 0.3) is 11.2 Å². The van der Waals surface area contributed by atoms with Crippen LogP contribution in [0, 0.1) is 13.8 Å². The number of fused-ring (bicyclic) bond motifs is 1. The lowest BCUT2D eigenvalue weighted by Gasteiger charge is -2.09. The molecule has 0 fully saturated rings. The number of esters is 1. The van der Waals surface area contributed by atoms with Crippen LogP contribution in [0.3, 0.4) is 0 Å². The highest BCUT2D eigenvalue weighted by molar-refractivity contribution is 5.89. The first-order valence-corrected chi connectivity index (χ1v) is 8.04. The smallest absolute Gasteiger partial charge is 0.337 e. The molecule has 0 amide bonds. The Balaban J connectivity index is 2.08. The van der Waals surface area contributed by atoms with Crippen molar-refractivity contribution in [1.29, 1.82) is 0 Å². The third-order valence-electron chi connectivity index (χ3n) is 4.11. The number of aromatic nitrogens is 3. The van der Waals surface area contributed by atoms with Crippen molar-refractivity contribution >= 4 is 17.1 Å². The summed E-state index contributed by atoms with van der Waals surface area (Å²) in [5.74, 6) is 0.669. The maximum absolute atomic E-state index is 11.7. The quantitative estimate of drug-likeness (QED) is 0.690. The molecule has 0 aliphatic rings. The first-order valence-electron chi connectivity index (χ1n) is 8.04. The number of benzene rings is 1. The molecular weight excluding hydrogens is 302 g/mol. The third kappa shape index (κ3) is 2.89. The minimum atomic E-state index is -0.326. The second kappa shape index (κ2) is 6.43. The van der Waals surface area contributed by atoms with Crippen LogP contribution in [0.4, 0.5) is 0 Å². The Morgan fingerprint density at radius 2 is 2.00 bits per heavy atom. The zero-order chi connectivity index (χ0) is 17.3. The van der Waals surface area contributed by atoms with E-state index in [1.807, 2.05) is 25.1 Å². The molecule has 5 heteroatoms. The Hall–Kier alpha value is -2.69. The Bertz CT molecular complexity index is 912. The highest BCUT2D eigenvalue weighted by atomic mass is 16.5. The van der Waals surface area contributed by atoms with Crippen molar-refractivity contribution in [3.05, 3.63) is 58.5 Å². The first kappa shape index (κ1) is 16.2. The molecule has 124 valence electrons. The maximum Gasteiger partial charge on any atom is 0.337 e. The van der Waals surface area contributed by atoms with Crippen LogP contribution in [0.1, 0.15) is 39.9 Å². The lowest BCUT2D eigenvalue weighted by Crippen LogP contribution is -2.07. The van der Waals surface area contributed by atoms with Crippen LogP contribution in [0.5, 0.6) is 0 Å². The summed E-state index contributed by atoms with van der Waals surface area (Å²) in [5.41, 5.74) is 5.53. The molecule has 24 heavy (non-hydrogen) atoms. The predicted molar refractivity (Wildman–Crippen MR) is 93.3 cm³/mol. The molecule has 0 saturated heterocycles. The SMILES string of the molecule is CCc1nc2c(C)cc(C)nc2n1Cc1cccc(C(=O)OC)c1. The van der Waals surface area contributed by atoms with Gasteiger partial charge in [0.15, 0.2) is 5.65 Å². The fourth-order valence-electron chi connectivity index (χ4n) is 2.98. The number of methoxy groups -OCH3 is 1. The normalized spacial score (nSPS) is 11.0. The third-order valence-corrected chi connectivity index (χ3v) is 4.11. The average Bonchev–Trinajstić information content (AvgIpc) is 2.92. The van der Waals surface area contributed by atoms with Gasteiger partial charge in [0.25, 0.3) is 0 Å². The summed E-state index contributed by atoms with van der Waals surface area (Å²) < 4.78 is 6.93.